The molecular weight excluding hydrogens is 373 g/mol. The summed E-state index contributed by atoms with van der Waals surface area (Å²) in [6, 6.07) is 8.71. The number of halogens is 3. The van der Waals surface area contributed by atoms with Crippen LogP contribution in [0.25, 0.3) is 0 Å². The minimum absolute atomic E-state index is 0. The van der Waals surface area contributed by atoms with Crippen molar-refractivity contribution in [2.24, 2.45) is 0 Å². The number of para-hydroxylation sites is 1. The summed E-state index contributed by atoms with van der Waals surface area (Å²) in [4.78, 5) is 0. The van der Waals surface area contributed by atoms with Gasteiger partial charge in [0.1, 0.15) is 5.75 Å². The second-order valence-electron chi connectivity index (χ2n) is 1.34. The van der Waals surface area contributed by atoms with E-state index in [0.29, 0.717) is 5.75 Å². The second kappa shape index (κ2) is 13.4. The Morgan fingerprint density at radius 1 is 0.818 bits per heavy atom. The standard InChI is InChI=1S/C6H6O.3ClH.Hf/c7-6-4-2-1-3-5-6;;;;/h1-5,7H;3*1H;. The molecule has 0 aliphatic carbocycles. The van der Waals surface area contributed by atoms with Crippen LogP contribution in [0.4, 0.5) is 0 Å². The summed E-state index contributed by atoms with van der Waals surface area (Å²) in [5.41, 5.74) is 0. The minimum atomic E-state index is 0. The molecular formula is C6H9Cl3HfO. The van der Waals surface area contributed by atoms with Gasteiger partial charge in [0.25, 0.3) is 0 Å². The van der Waals surface area contributed by atoms with Crippen molar-refractivity contribution in [2.75, 3.05) is 0 Å². The van der Waals surface area contributed by atoms with E-state index in [4.69, 9.17) is 5.11 Å². The molecule has 0 saturated heterocycles. The van der Waals surface area contributed by atoms with Crippen molar-refractivity contribution >= 4 is 37.2 Å². The van der Waals surface area contributed by atoms with Crippen LogP contribution in [-0.2, 0) is 25.8 Å². The normalized spacial score (nSPS) is 5.45. The van der Waals surface area contributed by atoms with Gasteiger partial charge < -0.3 is 5.11 Å². The molecule has 1 N–H and O–H groups in total. The van der Waals surface area contributed by atoms with Crippen molar-refractivity contribution in [3.05, 3.63) is 30.3 Å². The van der Waals surface area contributed by atoms with E-state index in [9.17, 15) is 0 Å². The third-order valence-corrected chi connectivity index (χ3v) is 0.756. The zero-order valence-corrected chi connectivity index (χ0v) is 11.6. The van der Waals surface area contributed by atoms with E-state index in [-0.39, 0.29) is 63.1 Å². The molecule has 0 saturated carbocycles. The molecule has 11 heavy (non-hydrogen) atoms. The van der Waals surface area contributed by atoms with E-state index in [2.05, 4.69) is 0 Å². The maximum absolute atomic E-state index is 8.63. The van der Waals surface area contributed by atoms with E-state index >= 15 is 0 Å². The Morgan fingerprint density at radius 3 is 1.36 bits per heavy atom. The second-order valence-corrected chi connectivity index (χ2v) is 1.34. The molecule has 1 nitrogen and oxygen atoms in total. The van der Waals surface area contributed by atoms with Crippen molar-refractivity contribution in [1.29, 1.82) is 0 Å². The fraction of sp³-hybridized carbons (Fsp3) is 0. The van der Waals surface area contributed by atoms with Crippen LogP contribution in [-0.4, -0.2) is 5.11 Å². The van der Waals surface area contributed by atoms with Gasteiger partial charge >= 0.3 is 0 Å². The van der Waals surface area contributed by atoms with Crippen LogP contribution >= 0.6 is 37.2 Å². The van der Waals surface area contributed by atoms with Crippen LogP contribution in [0.1, 0.15) is 0 Å². The van der Waals surface area contributed by atoms with Gasteiger partial charge in [0.2, 0.25) is 0 Å². The van der Waals surface area contributed by atoms with Gasteiger partial charge in [0.15, 0.2) is 0 Å². The van der Waals surface area contributed by atoms with E-state index in [0.717, 1.165) is 0 Å². The van der Waals surface area contributed by atoms with Crippen molar-refractivity contribution in [3.63, 3.8) is 0 Å². The summed E-state index contributed by atoms with van der Waals surface area (Å²) in [5.74, 6) is 0.322. The van der Waals surface area contributed by atoms with Gasteiger partial charge in [-0.15, -0.1) is 37.2 Å². The van der Waals surface area contributed by atoms with Crippen molar-refractivity contribution < 1.29 is 30.9 Å². The zero-order chi connectivity index (χ0) is 5.11. The molecule has 0 fully saturated rings. The molecule has 0 aromatic heterocycles. The Morgan fingerprint density at radius 2 is 1.18 bits per heavy atom. The van der Waals surface area contributed by atoms with Crippen LogP contribution in [0, 0.1) is 0 Å². The Labute approximate surface area is 104 Å². The number of benzene rings is 1. The first-order valence-corrected chi connectivity index (χ1v) is 2.13. The molecule has 0 spiro atoms. The molecule has 1 rings (SSSR count). The first-order chi connectivity index (χ1) is 3.39. The molecule has 0 bridgehead atoms. The fourth-order valence-corrected chi connectivity index (χ4v) is 0.428. The van der Waals surface area contributed by atoms with E-state index < -0.39 is 0 Å². The zero-order valence-electron chi connectivity index (χ0n) is 5.56. The number of rotatable bonds is 0. The monoisotopic (exact) mass is 382 g/mol. The summed E-state index contributed by atoms with van der Waals surface area (Å²) in [6.45, 7) is 0. The average Bonchev–Trinajstić information content (AvgIpc) is 1.69. The van der Waals surface area contributed by atoms with Gasteiger partial charge in [-0.05, 0) is 12.1 Å². The maximum atomic E-state index is 8.63. The number of phenols is 1. The minimum Gasteiger partial charge on any atom is -0.508 e. The Balaban J connectivity index is -0.0000000612. The van der Waals surface area contributed by atoms with Crippen molar-refractivity contribution in [1.82, 2.24) is 0 Å². The van der Waals surface area contributed by atoms with Crippen molar-refractivity contribution in [2.45, 2.75) is 0 Å². The molecule has 5 heteroatoms. The number of hydrogen-bond donors (Lipinski definition) is 1. The first kappa shape index (κ1) is 22.6. The molecule has 0 unspecified atom stereocenters. The SMILES string of the molecule is Cl.Cl.Cl.Oc1ccccc1.[Hf]. The van der Waals surface area contributed by atoms with E-state index in [1.54, 1.807) is 24.3 Å². The topological polar surface area (TPSA) is 20.2 Å². The molecule has 0 atom stereocenters. The van der Waals surface area contributed by atoms with Crippen LogP contribution in [0.2, 0.25) is 0 Å². The average molecular weight is 382 g/mol. The molecule has 1 aromatic rings. The number of hydrogen-bond acceptors (Lipinski definition) is 1. The largest absolute Gasteiger partial charge is 0.508 e. The Hall–Kier alpha value is 0.760. The quantitative estimate of drug-likeness (QED) is 0.685. The summed E-state index contributed by atoms with van der Waals surface area (Å²) in [5, 5.41) is 8.63. The van der Waals surface area contributed by atoms with Crippen LogP contribution in [0.15, 0.2) is 30.3 Å². The molecule has 0 amide bonds. The van der Waals surface area contributed by atoms with Gasteiger partial charge in [-0.2, -0.15) is 0 Å². The predicted molar refractivity (Wildman–Crippen MR) is 49.9 cm³/mol. The van der Waals surface area contributed by atoms with Crippen molar-refractivity contribution in [3.8, 4) is 5.75 Å². The van der Waals surface area contributed by atoms with Crippen LogP contribution < -0.4 is 0 Å². The molecule has 1 aromatic carbocycles. The Bertz CT molecular complexity index is 148. The smallest absolute Gasteiger partial charge is 0.115 e. The number of aromatic hydroxyl groups is 1. The summed E-state index contributed by atoms with van der Waals surface area (Å²) >= 11 is 0. The molecule has 0 aliphatic rings. The van der Waals surface area contributed by atoms with Gasteiger partial charge in [0.05, 0.1) is 0 Å². The van der Waals surface area contributed by atoms with Gasteiger partial charge in [-0.1, -0.05) is 18.2 Å². The van der Waals surface area contributed by atoms with E-state index in [1.165, 1.54) is 0 Å². The predicted octanol–water partition coefficient (Wildman–Crippen LogP) is 2.66. The molecule has 0 heterocycles. The molecule has 0 radical (unpaired) electrons. The summed E-state index contributed by atoms with van der Waals surface area (Å²) in [6.07, 6.45) is 0. The van der Waals surface area contributed by atoms with Crippen LogP contribution in [0.3, 0.4) is 0 Å². The maximum Gasteiger partial charge on any atom is 0.115 e. The van der Waals surface area contributed by atoms with Gasteiger partial charge in [-0.25, -0.2) is 0 Å². The first-order valence-electron chi connectivity index (χ1n) is 2.13. The van der Waals surface area contributed by atoms with Crippen LogP contribution in [0.5, 0.6) is 5.75 Å². The summed E-state index contributed by atoms with van der Waals surface area (Å²) in [7, 11) is 0. The van der Waals surface area contributed by atoms with Gasteiger partial charge in [0, 0.05) is 25.8 Å². The third-order valence-electron chi connectivity index (χ3n) is 0.756. The summed E-state index contributed by atoms with van der Waals surface area (Å²) < 4.78 is 0. The number of phenolic OH excluding ortho intramolecular Hbond substituents is 1. The molecule has 64 valence electrons. The Kier molecular flexibility index (Phi) is 27.5. The van der Waals surface area contributed by atoms with E-state index in [1.807, 2.05) is 6.07 Å². The fourth-order valence-electron chi connectivity index (χ4n) is 0.428. The molecule has 0 aliphatic heterocycles. The van der Waals surface area contributed by atoms with Gasteiger partial charge in [-0.3, -0.25) is 0 Å². The third kappa shape index (κ3) is 10.8.